The molecule has 1 aliphatic rings. The first-order valence-corrected chi connectivity index (χ1v) is 11.3. The number of ether oxygens (including phenoxy) is 4. The average molecular weight is 539 g/mol. The fourth-order valence-electron chi connectivity index (χ4n) is 4.08. The molecule has 1 atom stereocenters. The van der Waals surface area contributed by atoms with E-state index in [1.807, 2.05) is 0 Å². The van der Waals surface area contributed by atoms with E-state index in [-0.39, 0.29) is 34.9 Å². The molecular formula is C25H22ClF3N2O6. The molecule has 0 radical (unpaired) electrons. The summed E-state index contributed by atoms with van der Waals surface area (Å²) in [6, 6.07) is 10.5. The molecule has 2 aromatic carbocycles. The lowest BCUT2D eigenvalue weighted by atomic mass is 9.74. The molecule has 0 spiro atoms. The average Bonchev–Trinajstić information content (AvgIpc) is 3.32. The number of carbonyl (C=O) groups excluding carboxylic acids is 1. The Hall–Kier alpha value is -3.57. The first-order valence-electron chi connectivity index (χ1n) is 10.9. The van der Waals surface area contributed by atoms with Gasteiger partial charge in [-0.25, -0.2) is 9.78 Å². The molecule has 12 heteroatoms. The second-order valence-corrected chi connectivity index (χ2v) is 9.36. The summed E-state index contributed by atoms with van der Waals surface area (Å²) in [4.78, 5) is 19.5. The van der Waals surface area contributed by atoms with E-state index in [4.69, 9.17) is 25.8 Å². The van der Waals surface area contributed by atoms with Crippen LogP contribution in [-0.4, -0.2) is 48.1 Å². The van der Waals surface area contributed by atoms with Crippen LogP contribution in [0.3, 0.4) is 0 Å². The van der Waals surface area contributed by atoms with Crippen LogP contribution in [0.15, 0.2) is 47.5 Å². The molecule has 8 nitrogen and oxygen atoms in total. The van der Waals surface area contributed by atoms with E-state index in [0.717, 1.165) is 7.11 Å². The first kappa shape index (κ1) is 26.5. The van der Waals surface area contributed by atoms with Gasteiger partial charge in [-0.3, -0.25) is 4.99 Å². The highest BCUT2D eigenvalue weighted by Crippen LogP contribution is 2.49. The Labute approximate surface area is 214 Å². The largest absolute Gasteiger partial charge is 0.514 e. The van der Waals surface area contributed by atoms with Crippen LogP contribution in [0.5, 0.6) is 17.4 Å². The van der Waals surface area contributed by atoms with Crippen molar-refractivity contribution in [2.45, 2.75) is 37.5 Å². The maximum atomic E-state index is 14.2. The number of pyridine rings is 1. The van der Waals surface area contributed by atoms with Crippen molar-refractivity contribution in [2.75, 3.05) is 13.9 Å². The number of aliphatic imine (C=N–C) groups is 1. The van der Waals surface area contributed by atoms with E-state index >= 15 is 0 Å². The molecule has 1 unspecified atom stereocenters. The van der Waals surface area contributed by atoms with Gasteiger partial charge in [-0.2, -0.15) is 13.2 Å². The van der Waals surface area contributed by atoms with Gasteiger partial charge < -0.3 is 24.1 Å². The van der Waals surface area contributed by atoms with E-state index in [0.29, 0.717) is 22.7 Å². The molecule has 0 aliphatic carbocycles. The van der Waals surface area contributed by atoms with Gasteiger partial charge in [0, 0.05) is 23.2 Å². The van der Waals surface area contributed by atoms with Crippen molar-refractivity contribution in [1.82, 2.24) is 4.98 Å². The van der Waals surface area contributed by atoms with Gasteiger partial charge in [-0.1, -0.05) is 37.6 Å². The summed E-state index contributed by atoms with van der Waals surface area (Å²) in [6.45, 7) is 2.98. The smallest absolute Gasteiger partial charge is 0.453 e. The van der Waals surface area contributed by atoms with Crippen LogP contribution < -0.4 is 14.2 Å². The van der Waals surface area contributed by atoms with E-state index < -0.39 is 29.8 Å². The summed E-state index contributed by atoms with van der Waals surface area (Å²) in [5, 5.41) is 11.5. The predicted molar refractivity (Wildman–Crippen MR) is 129 cm³/mol. The molecule has 0 amide bonds. The number of aromatic nitrogens is 1. The van der Waals surface area contributed by atoms with Crippen molar-refractivity contribution >= 4 is 40.6 Å². The van der Waals surface area contributed by atoms with Crippen molar-refractivity contribution in [3.8, 4) is 17.4 Å². The highest BCUT2D eigenvalue weighted by molar-refractivity contribution is 6.32. The third-order valence-electron chi connectivity index (χ3n) is 5.86. The van der Waals surface area contributed by atoms with E-state index in [1.54, 1.807) is 26.0 Å². The van der Waals surface area contributed by atoms with Crippen molar-refractivity contribution in [2.24, 2.45) is 4.99 Å². The number of benzene rings is 2. The van der Waals surface area contributed by atoms with Gasteiger partial charge >= 0.3 is 12.3 Å². The molecule has 37 heavy (non-hydrogen) atoms. The zero-order chi connectivity index (χ0) is 27.0. The lowest BCUT2D eigenvalue weighted by Crippen LogP contribution is -2.50. The summed E-state index contributed by atoms with van der Waals surface area (Å²) in [5.41, 5.74) is -3.71. The minimum Gasteiger partial charge on any atom is -0.453 e. The number of hydrogen-bond donors (Lipinski definition) is 1. The normalized spacial score (nSPS) is 15.1. The number of carbonyl (C=O) groups is 1. The Morgan fingerprint density at radius 2 is 1.89 bits per heavy atom. The van der Waals surface area contributed by atoms with Crippen LogP contribution in [0.25, 0.3) is 10.9 Å². The fourth-order valence-corrected chi connectivity index (χ4v) is 4.28. The molecule has 196 valence electrons. The maximum absolute atomic E-state index is 14.2. The summed E-state index contributed by atoms with van der Waals surface area (Å²) in [7, 11) is 1.14. The summed E-state index contributed by atoms with van der Waals surface area (Å²) in [6.07, 6.45) is -6.31. The zero-order valence-electron chi connectivity index (χ0n) is 19.9. The summed E-state index contributed by atoms with van der Waals surface area (Å²) in [5.74, 6) is 0.426. The highest BCUT2D eigenvalue weighted by atomic mass is 35.5. The maximum Gasteiger partial charge on any atom is 0.514 e. The number of rotatable bonds is 6. The Morgan fingerprint density at radius 1 is 1.16 bits per heavy atom. The van der Waals surface area contributed by atoms with Gasteiger partial charge in [0.2, 0.25) is 12.7 Å². The van der Waals surface area contributed by atoms with Gasteiger partial charge in [0.15, 0.2) is 17.1 Å². The molecule has 1 N–H and O–H groups in total. The summed E-state index contributed by atoms with van der Waals surface area (Å²) < 4.78 is 62.8. The van der Waals surface area contributed by atoms with Crippen molar-refractivity contribution in [3.63, 3.8) is 0 Å². The molecule has 1 aromatic heterocycles. The standard InChI is InChI=1S/C25H22ClF3N2O6/c1-23(2,15-8-9-16(26)21-20(15)35-13-36-21)11-24(33,25(27,28)29)12-30-17-5-4-6-18-14(17)7-10-19(31-18)37-22(32)34-3/h4-10,12,33H,11,13H2,1-3H3. The van der Waals surface area contributed by atoms with Crippen LogP contribution in [0.2, 0.25) is 5.02 Å². The fraction of sp³-hybridized carbons (Fsp3) is 0.320. The van der Waals surface area contributed by atoms with Gasteiger partial charge in [0.05, 0.1) is 23.3 Å². The number of nitrogens with zero attached hydrogens (tertiary/aromatic N) is 2. The Bertz CT molecular complexity index is 1380. The van der Waals surface area contributed by atoms with Gasteiger partial charge in [0.1, 0.15) is 0 Å². The quantitative estimate of drug-likeness (QED) is 0.298. The first-order chi connectivity index (χ1) is 17.3. The van der Waals surface area contributed by atoms with Crippen LogP contribution in [0.4, 0.5) is 23.7 Å². The number of hydrogen-bond acceptors (Lipinski definition) is 8. The highest BCUT2D eigenvalue weighted by Gasteiger charge is 2.55. The SMILES string of the molecule is COC(=O)Oc1ccc2c(N=CC(O)(CC(C)(C)c3ccc(Cl)c4c3OCO4)C(F)(F)F)cccc2n1. The van der Waals surface area contributed by atoms with Gasteiger partial charge in [0.25, 0.3) is 0 Å². The molecular weight excluding hydrogens is 517 g/mol. The van der Waals surface area contributed by atoms with Crippen molar-refractivity contribution in [1.29, 1.82) is 0 Å². The topological polar surface area (TPSA) is 99.5 Å². The zero-order valence-corrected chi connectivity index (χ0v) is 20.7. The molecule has 0 bridgehead atoms. The second-order valence-electron chi connectivity index (χ2n) is 8.95. The minimum atomic E-state index is -5.05. The molecule has 0 fully saturated rings. The Morgan fingerprint density at radius 3 is 2.59 bits per heavy atom. The van der Waals surface area contributed by atoms with Crippen molar-refractivity contribution in [3.05, 3.63) is 53.1 Å². The molecule has 0 saturated carbocycles. The van der Waals surface area contributed by atoms with Gasteiger partial charge in [-0.05, 0) is 36.1 Å². The lowest BCUT2D eigenvalue weighted by molar-refractivity contribution is -0.234. The Kier molecular flexibility index (Phi) is 6.95. The number of aliphatic hydroxyl groups is 1. The summed E-state index contributed by atoms with van der Waals surface area (Å²) >= 11 is 6.11. The number of halogens is 4. The minimum absolute atomic E-state index is 0.0595. The predicted octanol–water partition coefficient (Wildman–Crippen LogP) is 6.13. The van der Waals surface area contributed by atoms with Gasteiger partial charge in [-0.15, -0.1) is 0 Å². The van der Waals surface area contributed by atoms with Crippen molar-refractivity contribution < 1.29 is 42.0 Å². The van der Waals surface area contributed by atoms with Crippen LogP contribution in [0, 0.1) is 0 Å². The van der Waals surface area contributed by atoms with Crippen LogP contribution in [0.1, 0.15) is 25.8 Å². The third kappa shape index (κ3) is 5.28. The monoisotopic (exact) mass is 538 g/mol. The molecule has 3 aromatic rings. The van der Waals surface area contributed by atoms with E-state index in [9.17, 15) is 23.1 Å². The lowest BCUT2D eigenvalue weighted by Gasteiger charge is -2.36. The second kappa shape index (κ2) is 9.71. The Balaban J connectivity index is 1.68. The molecule has 4 rings (SSSR count). The van der Waals surface area contributed by atoms with Crippen LogP contribution >= 0.6 is 11.6 Å². The van der Waals surface area contributed by atoms with Crippen LogP contribution in [-0.2, 0) is 10.2 Å². The number of alkyl halides is 3. The number of methoxy groups -OCH3 is 1. The number of fused-ring (bicyclic) bond motifs is 2. The van der Waals surface area contributed by atoms with E-state index in [2.05, 4.69) is 14.7 Å². The molecule has 2 heterocycles. The molecule has 1 aliphatic heterocycles. The third-order valence-corrected chi connectivity index (χ3v) is 6.15. The molecule has 0 saturated heterocycles. The van der Waals surface area contributed by atoms with E-state index in [1.165, 1.54) is 30.3 Å².